The second-order valence-corrected chi connectivity index (χ2v) is 6.84. The molecule has 0 unspecified atom stereocenters. The highest BCUT2D eigenvalue weighted by molar-refractivity contribution is 7.80. The van der Waals surface area contributed by atoms with Gasteiger partial charge in [-0.15, -0.1) is 0 Å². The van der Waals surface area contributed by atoms with E-state index >= 15 is 0 Å². The number of nitrogens with one attached hydrogen (secondary N) is 1. The summed E-state index contributed by atoms with van der Waals surface area (Å²) >= 11 is 5.67. The molecule has 2 fully saturated rings. The van der Waals surface area contributed by atoms with Gasteiger partial charge in [-0.2, -0.15) is 0 Å². The zero-order chi connectivity index (χ0) is 16.5. The lowest BCUT2D eigenvalue weighted by Gasteiger charge is -2.30. The van der Waals surface area contributed by atoms with Gasteiger partial charge in [-0.05, 0) is 49.3 Å². The highest BCUT2D eigenvalue weighted by Crippen LogP contribution is 2.39. The molecule has 2 aliphatic rings. The van der Waals surface area contributed by atoms with Gasteiger partial charge in [0.2, 0.25) is 0 Å². The number of ether oxygens (including phenoxy) is 1. The van der Waals surface area contributed by atoms with Crippen molar-refractivity contribution >= 4 is 17.3 Å². The molecular formula is C18H22N4OS. The summed E-state index contributed by atoms with van der Waals surface area (Å²) in [7, 11) is 2.08. The minimum atomic E-state index is 0.0497. The van der Waals surface area contributed by atoms with Crippen LogP contribution in [-0.4, -0.2) is 38.8 Å². The Balaban J connectivity index is 1.69. The van der Waals surface area contributed by atoms with Gasteiger partial charge in [0.25, 0.3) is 0 Å². The number of pyridine rings is 1. The molecule has 0 aromatic carbocycles. The molecule has 0 radical (unpaired) electrons. The SMILES string of the molecule is Cn1cccc1[C@@H]1[C@H](c2ccccn2)NC(=S)N1C[C@@H]1CCCO1. The summed E-state index contributed by atoms with van der Waals surface area (Å²) in [5.74, 6) is 0. The fourth-order valence-corrected chi connectivity index (χ4v) is 4.03. The van der Waals surface area contributed by atoms with E-state index in [1.807, 2.05) is 18.3 Å². The fraction of sp³-hybridized carbons (Fsp3) is 0.444. The summed E-state index contributed by atoms with van der Waals surface area (Å²) in [6.07, 6.45) is 6.42. The molecule has 1 N–H and O–H groups in total. The van der Waals surface area contributed by atoms with Gasteiger partial charge in [-0.1, -0.05) is 6.07 Å². The number of hydrogen-bond acceptors (Lipinski definition) is 3. The first kappa shape index (κ1) is 15.6. The Morgan fingerprint density at radius 2 is 2.25 bits per heavy atom. The Morgan fingerprint density at radius 1 is 1.33 bits per heavy atom. The smallest absolute Gasteiger partial charge is 0.170 e. The molecule has 4 heterocycles. The molecule has 2 aliphatic heterocycles. The van der Waals surface area contributed by atoms with E-state index < -0.39 is 0 Å². The molecule has 0 bridgehead atoms. The molecule has 3 atom stereocenters. The third-order valence-corrected chi connectivity index (χ3v) is 5.26. The van der Waals surface area contributed by atoms with E-state index in [0.717, 1.165) is 36.8 Å². The van der Waals surface area contributed by atoms with Crippen LogP contribution in [0.5, 0.6) is 0 Å². The third-order valence-electron chi connectivity index (χ3n) is 4.91. The van der Waals surface area contributed by atoms with Crippen LogP contribution in [0.3, 0.4) is 0 Å². The molecule has 2 aromatic heterocycles. The van der Waals surface area contributed by atoms with E-state index in [9.17, 15) is 0 Å². The molecule has 0 spiro atoms. The largest absolute Gasteiger partial charge is 0.376 e. The van der Waals surface area contributed by atoms with Crippen molar-refractivity contribution in [1.82, 2.24) is 19.8 Å². The highest BCUT2D eigenvalue weighted by atomic mass is 32.1. The van der Waals surface area contributed by atoms with Crippen LogP contribution in [0.25, 0.3) is 0 Å². The quantitative estimate of drug-likeness (QED) is 0.865. The highest BCUT2D eigenvalue weighted by Gasteiger charge is 2.41. The molecule has 5 nitrogen and oxygen atoms in total. The standard InChI is InChI=1S/C18H22N4OS/c1-21-10-4-8-15(21)17-16(14-7-2-3-9-19-14)20-18(24)22(17)12-13-6-5-11-23-13/h2-4,7-10,13,16-17H,5-6,11-12H2,1H3,(H,20,24)/t13-,16-,17+/m0/s1. The summed E-state index contributed by atoms with van der Waals surface area (Å²) < 4.78 is 8.01. The Morgan fingerprint density at radius 3 is 2.92 bits per heavy atom. The minimum absolute atomic E-state index is 0.0497. The fourth-order valence-electron chi connectivity index (χ4n) is 3.71. The Bertz CT molecular complexity index is 711. The Labute approximate surface area is 147 Å². The first-order chi connectivity index (χ1) is 11.7. The van der Waals surface area contributed by atoms with Gasteiger partial charge in [0, 0.05) is 38.3 Å². The molecule has 4 rings (SSSR count). The van der Waals surface area contributed by atoms with Crippen molar-refractivity contribution in [3.8, 4) is 0 Å². The predicted molar refractivity (Wildman–Crippen MR) is 96.5 cm³/mol. The average molecular weight is 342 g/mol. The van der Waals surface area contributed by atoms with Crippen LogP contribution in [0.4, 0.5) is 0 Å². The molecule has 0 saturated carbocycles. The van der Waals surface area contributed by atoms with Gasteiger partial charge in [0.15, 0.2) is 5.11 Å². The van der Waals surface area contributed by atoms with Crippen LogP contribution < -0.4 is 5.32 Å². The van der Waals surface area contributed by atoms with Crippen molar-refractivity contribution in [2.45, 2.75) is 31.0 Å². The summed E-state index contributed by atoms with van der Waals surface area (Å²) in [6, 6.07) is 10.4. The van der Waals surface area contributed by atoms with Gasteiger partial charge in [-0.3, -0.25) is 4.98 Å². The molecule has 126 valence electrons. The number of thiocarbonyl (C=S) groups is 1. The molecule has 6 heteroatoms. The van der Waals surface area contributed by atoms with Crippen LogP contribution in [0.15, 0.2) is 42.7 Å². The number of aryl methyl sites for hydroxylation is 1. The van der Waals surface area contributed by atoms with Crippen molar-refractivity contribution in [3.05, 3.63) is 54.1 Å². The van der Waals surface area contributed by atoms with Gasteiger partial charge < -0.3 is 19.5 Å². The van der Waals surface area contributed by atoms with E-state index in [1.165, 1.54) is 5.69 Å². The molecule has 24 heavy (non-hydrogen) atoms. The maximum Gasteiger partial charge on any atom is 0.170 e. The first-order valence-electron chi connectivity index (χ1n) is 8.45. The molecule has 2 saturated heterocycles. The normalized spacial score (nSPS) is 26.8. The van der Waals surface area contributed by atoms with Gasteiger partial charge in [0.05, 0.1) is 23.9 Å². The van der Waals surface area contributed by atoms with Crippen LogP contribution in [0.1, 0.15) is 36.3 Å². The zero-order valence-electron chi connectivity index (χ0n) is 13.8. The topological polar surface area (TPSA) is 42.3 Å². The van der Waals surface area contributed by atoms with Gasteiger partial charge >= 0.3 is 0 Å². The molecule has 0 aliphatic carbocycles. The van der Waals surface area contributed by atoms with Crippen molar-refractivity contribution in [2.24, 2.45) is 7.05 Å². The second-order valence-electron chi connectivity index (χ2n) is 6.46. The van der Waals surface area contributed by atoms with E-state index in [4.69, 9.17) is 17.0 Å². The first-order valence-corrected chi connectivity index (χ1v) is 8.86. The summed E-state index contributed by atoms with van der Waals surface area (Å²) in [4.78, 5) is 6.84. The second kappa shape index (κ2) is 6.53. The number of aromatic nitrogens is 2. The van der Waals surface area contributed by atoms with E-state index in [-0.39, 0.29) is 18.2 Å². The predicted octanol–water partition coefficient (Wildman–Crippen LogP) is 2.57. The van der Waals surface area contributed by atoms with Crippen LogP contribution in [-0.2, 0) is 11.8 Å². The lowest BCUT2D eigenvalue weighted by molar-refractivity contribution is 0.0835. The Kier molecular flexibility index (Phi) is 4.24. The summed E-state index contributed by atoms with van der Waals surface area (Å²) in [5.41, 5.74) is 2.25. The number of nitrogens with zero attached hydrogens (tertiary/aromatic N) is 3. The summed E-state index contributed by atoms with van der Waals surface area (Å²) in [5, 5.41) is 4.27. The maximum absolute atomic E-state index is 5.85. The van der Waals surface area contributed by atoms with Crippen LogP contribution in [0, 0.1) is 0 Å². The number of hydrogen-bond donors (Lipinski definition) is 1. The average Bonchev–Trinajstić information content (AvgIpc) is 3.31. The minimum Gasteiger partial charge on any atom is -0.376 e. The lowest BCUT2D eigenvalue weighted by atomic mass is 10.0. The van der Waals surface area contributed by atoms with Gasteiger partial charge in [-0.25, -0.2) is 0 Å². The maximum atomic E-state index is 5.85. The number of rotatable bonds is 4. The molecule has 0 amide bonds. The van der Waals surface area contributed by atoms with Gasteiger partial charge in [0.1, 0.15) is 0 Å². The van der Waals surface area contributed by atoms with Crippen LogP contribution >= 0.6 is 12.2 Å². The van der Waals surface area contributed by atoms with E-state index in [0.29, 0.717) is 0 Å². The molecule has 2 aromatic rings. The molecular weight excluding hydrogens is 320 g/mol. The van der Waals surface area contributed by atoms with Crippen molar-refractivity contribution < 1.29 is 4.74 Å². The monoisotopic (exact) mass is 342 g/mol. The van der Waals surface area contributed by atoms with E-state index in [2.05, 4.69) is 51.2 Å². The van der Waals surface area contributed by atoms with E-state index in [1.54, 1.807) is 0 Å². The van der Waals surface area contributed by atoms with Crippen molar-refractivity contribution in [1.29, 1.82) is 0 Å². The van der Waals surface area contributed by atoms with Crippen LogP contribution in [0.2, 0.25) is 0 Å². The lowest BCUT2D eigenvalue weighted by Crippen LogP contribution is -2.36. The summed E-state index contributed by atoms with van der Waals surface area (Å²) in [6.45, 7) is 1.68. The van der Waals surface area contributed by atoms with Crippen molar-refractivity contribution in [3.63, 3.8) is 0 Å². The third kappa shape index (κ3) is 2.80. The zero-order valence-corrected chi connectivity index (χ0v) is 14.6. The van der Waals surface area contributed by atoms with Crippen molar-refractivity contribution in [2.75, 3.05) is 13.2 Å². The Hall–Kier alpha value is -1.92.